The Morgan fingerprint density at radius 3 is 2.61 bits per heavy atom. The molecule has 11 nitrogen and oxygen atoms in total. The highest BCUT2D eigenvalue weighted by atomic mass is 33.1. The molecule has 51 heavy (non-hydrogen) atoms. The molecule has 3 aromatic rings. The van der Waals surface area contributed by atoms with Crippen LogP contribution in [0.1, 0.15) is 64.4 Å². The summed E-state index contributed by atoms with van der Waals surface area (Å²) >= 11 is 0. The van der Waals surface area contributed by atoms with Gasteiger partial charge in [-0.1, -0.05) is 64.9 Å². The molecule has 3 aromatic carbocycles. The number of aryl methyl sites for hydroxylation is 2. The zero-order chi connectivity index (χ0) is 36.3. The van der Waals surface area contributed by atoms with Gasteiger partial charge in [0.2, 0.25) is 6.29 Å². The van der Waals surface area contributed by atoms with E-state index in [9.17, 15) is 35.1 Å². The Balaban J connectivity index is 1.30. The van der Waals surface area contributed by atoms with Gasteiger partial charge >= 0.3 is 5.97 Å². The Morgan fingerprint density at radius 1 is 1.08 bits per heavy atom. The second-order valence-corrected chi connectivity index (χ2v) is 16.3. The summed E-state index contributed by atoms with van der Waals surface area (Å²) in [5.74, 6) is -0.00517. The molecule has 0 aromatic heterocycles. The third-order valence-electron chi connectivity index (χ3n) is 10.7. The van der Waals surface area contributed by atoms with Crippen molar-refractivity contribution in [2.24, 2.45) is 17.8 Å². The predicted molar refractivity (Wildman–Crippen MR) is 194 cm³/mol. The molecule has 0 aliphatic carbocycles. The lowest BCUT2D eigenvalue weighted by molar-refractivity contribution is -0.322. The molecule has 276 valence electrons. The molecule has 6 rings (SSSR count). The number of aromatic carboxylic acids is 1. The summed E-state index contributed by atoms with van der Waals surface area (Å²) in [4.78, 5) is 25.7. The molecular formula is C38H46O11S2. The molecule has 0 radical (unpaired) electrons. The summed E-state index contributed by atoms with van der Waals surface area (Å²) in [5, 5.41) is 55.9. The average Bonchev–Trinajstić information content (AvgIpc) is 3.15. The molecule has 5 N–H and O–H groups in total. The van der Waals surface area contributed by atoms with Crippen LogP contribution in [-0.2, 0) is 20.6 Å². The molecule has 0 bridgehead atoms. The molecule has 3 saturated heterocycles. The number of carboxylic acid groups (broad SMARTS) is 1. The van der Waals surface area contributed by atoms with Crippen LogP contribution in [-0.4, -0.2) is 99.0 Å². The summed E-state index contributed by atoms with van der Waals surface area (Å²) in [6, 6.07) is 13.7. The van der Waals surface area contributed by atoms with E-state index in [1.54, 1.807) is 23.8 Å². The first kappa shape index (κ1) is 37.9. The van der Waals surface area contributed by atoms with Crippen molar-refractivity contribution in [1.82, 2.24) is 0 Å². The van der Waals surface area contributed by atoms with E-state index < -0.39 is 48.5 Å². The number of aromatic hydroxyl groups is 1. The van der Waals surface area contributed by atoms with Crippen LogP contribution >= 0.6 is 21.6 Å². The van der Waals surface area contributed by atoms with E-state index in [2.05, 4.69) is 6.92 Å². The largest absolute Gasteiger partial charge is 0.506 e. The molecule has 3 aliphatic heterocycles. The molecule has 0 saturated carbocycles. The number of benzene rings is 3. The van der Waals surface area contributed by atoms with Gasteiger partial charge in [0.25, 0.3) is 0 Å². The Bertz CT molecular complexity index is 1700. The van der Waals surface area contributed by atoms with Crippen LogP contribution in [0.5, 0.6) is 11.5 Å². The third-order valence-corrected chi connectivity index (χ3v) is 12.9. The number of aliphatic hydroxyl groups is 3. The quantitative estimate of drug-likeness (QED) is 0.148. The first-order valence-electron chi connectivity index (χ1n) is 17.4. The number of fused-ring (bicyclic) bond motifs is 2. The summed E-state index contributed by atoms with van der Waals surface area (Å²) in [6.45, 7) is 4.68. The number of Topliss-reactive ketones (excluding diaryl/α,β-unsaturated/α-hetero) is 1. The number of phenolic OH excluding ortho intramolecular Hbond substituents is 1. The number of hydrogen-bond acceptors (Lipinski definition) is 12. The van der Waals surface area contributed by atoms with Gasteiger partial charge in [-0.15, -0.1) is 0 Å². The van der Waals surface area contributed by atoms with Gasteiger partial charge in [0.05, 0.1) is 29.7 Å². The van der Waals surface area contributed by atoms with Gasteiger partial charge in [-0.2, -0.15) is 0 Å². The lowest BCUT2D eigenvalue weighted by Crippen LogP contribution is -2.69. The first-order valence-corrected chi connectivity index (χ1v) is 19.9. The zero-order valence-electron chi connectivity index (χ0n) is 28.7. The van der Waals surface area contributed by atoms with Crippen molar-refractivity contribution in [3.05, 3.63) is 70.8 Å². The van der Waals surface area contributed by atoms with E-state index in [4.69, 9.17) is 18.9 Å². The van der Waals surface area contributed by atoms with Gasteiger partial charge in [0, 0.05) is 18.8 Å². The fraction of sp³-hybridized carbons (Fsp3) is 0.526. The Labute approximate surface area is 305 Å². The minimum Gasteiger partial charge on any atom is -0.506 e. The van der Waals surface area contributed by atoms with Crippen LogP contribution < -0.4 is 4.74 Å². The van der Waals surface area contributed by atoms with Crippen LogP contribution in [0, 0.1) is 24.7 Å². The molecule has 1 spiro atoms. The van der Waals surface area contributed by atoms with Gasteiger partial charge < -0.3 is 44.5 Å². The third kappa shape index (κ3) is 7.91. The maximum absolute atomic E-state index is 13.5. The molecular weight excluding hydrogens is 697 g/mol. The molecule has 3 heterocycles. The summed E-state index contributed by atoms with van der Waals surface area (Å²) in [7, 11) is 3.15. The van der Waals surface area contributed by atoms with Gasteiger partial charge in [0.15, 0.2) is 5.78 Å². The Hall–Kier alpha value is -2.88. The van der Waals surface area contributed by atoms with Crippen molar-refractivity contribution >= 4 is 44.1 Å². The number of carboxylic acids is 1. The SMILES string of the molecule is Cc1cc2cc(C(=O)O)cc(O[C@H]3O[C@H](CO)[C@@]4(CC[C@H](C)[C@H]5CCOC[C@@H]5CSSCO4)[C@H](O)[C@H]3O)c2c(O)c1C(=O)CCc1ccccc1. The van der Waals surface area contributed by atoms with E-state index in [1.807, 2.05) is 30.3 Å². The minimum absolute atomic E-state index is 0.0549. The second kappa shape index (κ2) is 16.4. The average molecular weight is 743 g/mol. The number of carbonyl (C=O) groups is 2. The highest BCUT2D eigenvalue weighted by Gasteiger charge is 2.57. The van der Waals surface area contributed by atoms with E-state index in [0.717, 1.165) is 17.7 Å². The topological polar surface area (TPSA) is 172 Å². The molecule has 3 fully saturated rings. The molecule has 3 aliphatic rings. The van der Waals surface area contributed by atoms with Crippen LogP contribution in [0.2, 0.25) is 0 Å². The molecule has 0 amide bonds. The van der Waals surface area contributed by atoms with Crippen molar-refractivity contribution in [2.75, 3.05) is 31.5 Å². The highest BCUT2D eigenvalue weighted by Crippen LogP contribution is 2.45. The standard InChI is InChI=1S/C38H46O11S2/c1-21-10-12-38(47-20-51-50-19-26-18-46-13-11-27(21)26)30(17-39)49-37(34(42)35(38)43)48-29-16-25(36(44)45)15-24-14-22(2)31(33(41)32(24)29)28(40)9-8-23-6-4-3-5-7-23/h3-7,14-16,21,26-27,30,34-35,37,39,41-43H,8-13,17-20H2,1-2H3,(H,44,45)/t21-,26+,27+,30+,34+,35+,37-,38-/m0/s1. The summed E-state index contributed by atoms with van der Waals surface area (Å²) < 4.78 is 24.5. The van der Waals surface area contributed by atoms with Crippen molar-refractivity contribution in [1.29, 1.82) is 0 Å². The molecule has 0 unspecified atom stereocenters. The number of rotatable bonds is 8. The van der Waals surface area contributed by atoms with E-state index in [1.165, 1.54) is 22.9 Å². The van der Waals surface area contributed by atoms with Gasteiger partial charge in [-0.3, -0.25) is 4.79 Å². The van der Waals surface area contributed by atoms with E-state index >= 15 is 0 Å². The monoisotopic (exact) mass is 742 g/mol. The lowest BCUT2D eigenvalue weighted by Gasteiger charge is -2.50. The molecule has 13 heteroatoms. The normalized spacial score (nSPS) is 30.3. The van der Waals surface area contributed by atoms with Crippen LogP contribution in [0.15, 0.2) is 48.5 Å². The first-order chi connectivity index (χ1) is 24.5. The number of carbonyl (C=O) groups excluding carboxylic acids is 1. The number of hydrogen-bond donors (Lipinski definition) is 5. The number of phenols is 1. The van der Waals surface area contributed by atoms with Crippen molar-refractivity contribution in [2.45, 2.75) is 76.2 Å². The van der Waals surface area contributed by atoms with Crippen LogP contribution in [0.25, 0.3) is 10.8 Å². The number of aliphatic hydroxyl groups excluding tert-OH is 3. The van der Waals surface area contributed by atoms with Crippen LogP contribution in [0.4, 0.5) is 0 Å². The Kier molecular flexibility index (Phi) is 12.2. The smallest absolute Gasteiger partial charge is 0.335 e. The van der Waals surface area contributed by atoms with Gasteiger partial charge in [-0.05, 0) is 79.0 Å². The van der Waals surface area contributed by atoms with Crippen LogP contribution in [0.3, 0.4) is 0 Å². The van der Waals surface area contributed by atoms with E-state index in [-0.39, 0.29) is 46.3 Å². The molecule has 8 atom stereocenters. The van der Waals surface area contributed by atoms with E-state index in [0.29, 0.717) is 55.3 Å². The van der Waals surface area contributed by atoms with Crippen molar-refractivity contribution in [3.63, 3.8) is 0 Å². The van der Waals surface area contributed by atoms with Gasteiger partial charge in [-0.25, -0.2) is 4.79 Å². The summed E-state index contributed by atoms with van der Waals surface area (Å²) in [5.41, 5.74) is -0.136. The number of ether oxygens (including phenoxy) is 4. The summed E-state index contributed by atoms with van der Waals surface area (Å²) in [6.07, 6.45) is -3.51. The Morgan fingerprint density at radius 2 is 1.86 bits per heavy atom. The number of ketones is 1. The fourth-order valence-corrected chi connectivity index (χ4v) is 10.00. The lowest BCUT2D eigenvalue weighted by atomic mass is 9.74. The maximum Gasteiger partial charge on any atom is 0.335 e. The predicted octanol–water partition coefficient (Wildman–Crippen LogP) is 5.36. The maximum atomic E-state index is 13.5. The fourth-order valence-electron chi connectivity index (χ4n) is 7.89. The highest BCUT2D eigenvalue weighted by molar-refractivity contribution is 8.76. The zero-order valence-corrected chi connectivity index (χ0v) is 30.4. The second-order valence-electron chi connectivity index (χ2n) is 13.9. The minimum atomic E-state index is -1.69. The van der Waals surface area contributed by atoms with Crippen molar-refractivity contribution in [3.8, 4) is 11.5 Å². The van der Waals surface area contributed by atoms with Gasteiger partial charge in [0.1, 0.15) is 41.4 Å². The van der Waals surface area contributed by atoms with Crippen molar-refractivity contribution < 1.29 is 54.1 Å².